The maximum Gasteiger partial charge on any atom is 0.255 e. The largest absolute Gasteiger partial charge is 0.349 e. The molecule has 3 aromatic rings. The highest BCUT2D eigenvalue weighted by Crippen LogP contribution is 2.25. The van der Waals surface area contributed by atoms with Gasteiger partial charge in [0.15, 0.2) is 0 Å². The Morgan fingerprint density at radius 2 is 2.11 bits per heavy atom. The number of nitrogens with one attached hydrogen (secondary N) is 4. The number of aromatic nitrogens is 3. The van der Waals surface area contributed by atoms with Crippen molar-refractivity contribution in [1.82, 2.24) is 20.3 Å². The van der Waals surface area contributed by atoms with Crippen LogP contribution >= 0.6 is 0 Å². The van der Waals surface area contributed by atoms with Crippen molar-refractivity contribution in [2.45, 2.75) is 18.9 Å². The van der Waals surface area contributed by atoms with Gasteiger partial charge in [0.05, 0.1) is 17.5 Å². The third-order valence-corrected chi connectivity index (χ3v) is 4.35. The average molecular weight is 372 g/mol. The molecule has 1 aliphatic rings. The molecule has 1 fully saturated rings. The molecule has 28 heavy (non-hydrogen) atoms. The first-order valence-corrected chi connectivity index (χ1v) is 9.08. The number of rotatable bonds is 7. The van der Waals surface area contributed by atoms with Crippen molar-refractivity contribution in [2.24, 2.45) is 0 Å². The highest BCUT2D eigenvalue weighted by molar-refractivity contribution is 5.99. The van der Waals surface area contributed by atoms with E-state index in [4.69, 9.17) is 5.41 Å². The average Bonchev–Trinajstić information content (AvgIpc) is 3.40. The second kappa shape index (κ2) is 7.87. The normalized spacial score (nSPS) is 13.4. The number of benzene rings is 1. The molecule has 0 saturated heterocycles. The number of carbonyl (C=O) groups is 1. The number of hydrogen-bond donors (Lipinski definition) is 4. The molecule has 0 radical (unpaired) electrons. The van der Waals surface area contributed by atoms with E-state index in [2.05, 4.69) is 25.6 Å². The number of aromatic amines is 1. The monoisotopic (exact) mass is 372 g/mol. The number of carbonyl (C=O) groups excluding carboxylic acids is 1. The minimum Gasteiger partial charge on any atom is -0.349 e. The fraction of sp³-hybridized carbons (Fsp3) is 0.143. The fourth-order valence-corrected chi connectivity index (χ4v) is 2.79. The molecule has 0 atom stereocenters. The zero-order valence-electron chi connectivity index (χ0n) is 15.1. The highest BCUT2D eigenvalue weighted by atomic mass is 16.1. The zero-order valence-corrected chi connectivity index (χ0v) is 15.1. The lowest BCUT2D eigenvalue weighted by molar-refractivity contribution is 0.0951. The van der Waals surface area contributed by atoms with Gasteiger partial charge in [-0.2, -0.15) is 0 Å². The summed E-state index contributed by atoms with van der Waals surface area (Å²) < 4.78 is 0. The maximum absolute atomic E-state index is 12.5. The molecule has 1 aromatic carbocycles. The van der Waals surface area contributed by atoms with Crippen molar-refractivity contribution >= 4 is 29.7 Å². The van der Waals surface area contributed by atoms with Gasteiger partial charge in [0.25, 0.3) is 5.91 Å². The van der Waals surface area contributed by atoms with Crippen molar-refractivity contribution < 1.29 is 4.79 Å². The van der Waals surface area contributed by atoms with E-state index in [1.54, 1.807) is 36.7 Å². The summed E-state index contributed by atoms with van der Waals surface area (Å²) in [6, 6.07) is 11.6. The Morgan fingerprint density at radius 3 is 2.93 bits per heavy atom. The summed E-state index contributed by atoms with van der Waals surface area (Å²) in [5.74, 6) is 1.10. The lowest BCUT2D eigenvalue weighted by Gasteiger charge is -2.11. The van der Waals surface area contributed by atoms with Crippen molar-refractivity contribution in [3.05, 3.63) is 66.3 Å². The smallest absolute Gasteiger partial charge is 0.255 e. The molecular weight excluding hydrogens is 352 g/mol. The predicted molar refractivity (Wildman–Crippen MR) is 110 cm³/mol. The molecule has 0 unspecified atom stereocenters. The van der Waals surface area contributed by atoms with Crippen LogP contribution in [0.2, 0.25) is 0 Å². The number of anilines is 2. The van der Waals surface area contributed by atoms with Gasteiger partial charge in [-0.15, -0.1) is 0 Å². The van der Waals surface area contributed by atoms with Crippen LogP contribution in [0.5, 0.6) is 0 Å². The molecule has 7 nitrogen and oxygen atoms in total. The molecule has 140 valence electrons. The Balaban J connectivity index is 1.55. The van der Waals surface area contributed by atoms with E-state index in [-0.39, 0.29) is 5.91 Å². The summed E-state index contributed by atoms with van der Waals surface area (Å²) in [6.07, 6.45) is 10.0. The van der Waals surface area contributed by atoms with Crippen LogP contribution in [0.3, 0.4) is 0 Å². The van der Waals surface area contributed by atoms with Crippen LogP contribution < -0.4 is 10.6 Å². The third-order valence-electron chi connectivity index (χ3n) is 4.35. The molecule has 4 rings (SSSR count). The lowest BCUT2D eigenvalue weighted by atomic mass is 10.1. The summed E-state index contributed by atoms with van der Waals surface area (Å²) >= 11 is 0. The molecule has 2 heterocycles. The van der Waals surface area contributed by atoms with Gasteiger partial charge in [-0.3, -0.25) is 4.79 Å². The van der Waals surface area contributed by atoms with E-state index < -0.39 is 0 Å². The lowest BCUT2D eigenvalue weighted by Crippen LogP contribution is -2.26. The van der Waals surface area contributed by atoms with Gasteiger partial charge in [0.2, 0.25) is 0 Å². The number of allylic oxidation sites excluding steroid dienone is 1. The van der Waals surface area contributed by atoms with Crippen molar-refractivity contribution in [1.29, 1.82) is 5.41 Å². The van der Waals surface area contributed by atoms with E-state index in [1.165, 1.54) is 6.21 Å². The summed E-state index contributed by atoms with van der Waals surface area (Å²) in [7, 11) is 0. The number of H-pyrrole nitrogens is 1. The van der Waals surface area contributed by atoms with E-state index in [1.807, 2.05) is 24.3 Å². The van der Waals surface area contributed by atoms with Gasteiger partial charge >= 0.3 is 0 Å². The SMILES string of the molecule is N=C/C=C\c1ncc(-c2cccc(Nc3ncccc3C(=O)NC3CC3)c2)[nH]1. The van der Waals surface area contributed by atoms with Crippen molar-refractivity contribution in [3.8, 4) is 11.3 Å². The Labute approximate surface area is 162 Å². The zero-order chi connectivity index (χ0) is 19.3. The first kappa shape index (κ1) is 17.7. The van der Waals surface area contributed by atoms with Gasteiger partial charge in [0, 0.05) is 29.7 Å². The molecule has 0 aliphatic heterocycles. The highest BCUT2D eigenvalue weighted by Gasteiger charge is 2.25. The number of pyridine rings is 1. The predicted octanol–water partition coefficient (Wildman–Crippen LogP) is 3.77. The van der Waals surface area contributed by atoms with Crippen LogP contribution in [0, 0.1) is 5.41 Å². The van der Waals surface area contributed by atoms with Crippen LogP contribution in [0.15, 0.2) is 54.9 Å². The van der Waals surface area contributed by atoms with E-state index >= 15 is 0 Å². The number of hydrogen-bond acceptors (Lipinski definition) is 5. The Hall–Kier alpha value is -3.74. The van der Waals surface area contributed by atoms with E-state index in [0.29, 0.717) is 23.2 Å². The molecule has 1 saturated carbocycles. The molecule has 0 bridgehead atoms. The standard InChI is InChI=1S/C21H20N6O/c22-10-2-7-19-24-13-18(27-19)14-4-1-5-16(12-14)25-20-17(6-3-11-23-20)21(28)26-15-8-9-15/h1-7,10-13,15,22H,8-9H2,(H,23,25)(H,24,27)(H,26,28)/b7-2-,22-10?. The third kappa shape index (κ3) is 4.15. The summed E-state index contributed by atoms with van der Waals surface area (Å²) in [6.45, 7) is 0. The molecule has 0 spiro atoms. The molecule has 4 N–H and O–H groups in total. The van der Waals surface area contributed by atoms with Gasteiger partial charge in [-0.1, -0.05) is 12.1 Å². The number of nitrogens with zero attached hydrogens (tertiary/aromatic N) is 2. The minimum atomic E-state index is -0.106. The van der Waals surface area contributed by atoms with Crippen LogP contribution in [0.25, 0.3) is 17.3 Å². The summed E-state index contributed by atoms with van der Waals surface area (Å²) in [5.41, 5.74) is 3.16. The van der Waals surface area contributed by atoms with E-state index in [9.17, 15) is 4.79 Å². The molecule has 1 amide bonds. The quantitative estimate of drug-likeness (QED) is 0.474. The summed E-state index contributed by atoms with van der Waals surface area (Å²) in [5, 5.41) is 13.3. The minimum absolute atomic E-state index is 0.106. The molecule has 7 heteroatoms. The van der Waals surface area contributed by atoms with Crippen LogP contribution in [0.4, 0.5) is 11.5 Å². The van der Waals surface area contributed by atoms with Gasteiger partial charge < -0.3 is 21.0 Å². The van der Waals surface area contributed by atoms with Crippen LogP contribution in [0.1, 0.15) is 29.0 Å². The molecule has 2 aromatic heterocycles. The first-order chi connectivity index (χ1) is 13.7. The maximum atomic E-state index is 12.5. The number of imidazole rings is 1. The number of amides is 1. The van der Waals surface area contributed by atoms with Crippen LogP contribution in [-0.4, -0.2) is 33.1 Å². The topological polar surface area (TPSA) is 107 Å². The molecular formula is C21H20N6O. The van der Waals surface area contributed by atoms with Crippen molar-refractivity contribution in [3.63, 3.8) is 0 Å². The second-order valence-electron chi connectivity index (χ2n) is 6.56. The Morgan fingerprint density at radius 1 is 1.21 bits per heavy atom. The Kier molecular flexibility index (Phi) is 4.97. The van der Waals surface area contributed by atoms with Crippen LogP contribution in [-0.2, 0) is 0 Å². The van der Waals surface area contributed by atoms with Gasteiger partial charge in [0.1, 0.15) is 11.6 Å². The Bertz CT molecular complexity index is 1030. The van der Waals surface area contributed by atoms with Crippen molar-refractivity contribution in [2.75, 3.05) is 5.32 Å². The first-order valence-electron chi connectivity index (χ1n) is 9.08. The molecule has 1 aliphatic carbocycles. The fourth-order valence-electron chi connectivity index (χ4n) is 2.79. The van der Waals surface area contributed by atoms with Gasteiger partial charge in [-0.05, 0) is 49.3 Å². The van der Waals surface area contributed by atoms with Gasteiger partial charge in [-0.25, -0.2) is 9.97 Å². The second-order valence-corrected chi connectivity index (χ2v) is 6.56. The summed E-state index contributed by atoms with van der Waals surface area (Å²) in [4.78, 5) is 24.3. The van der Waals surface area contributed by atoms with E-state index in [0.717, 1.165) is 29.8 Å².